The van der Waals surface area contributed by atoms with Crippen molar-refractivity contribution in [3.63, 3.8) is 0 Å². The van der Waals surface area contributed by atoms with E-state index in [-0.39, 0.29) is 18.6 Å². The van der Waals surface area contributed by atoms with Crippen LogP contribution in [0.1, 0.15) is 0 Å². The molecule has 4 heteroatoms. The molecule has 1 heterocycles. The highest BCUT2D eigenvalue weighted by Crippen LogP contribution is 2.01. The molecule has 0 aromatic carbocycles. The van der Waals surface area contributed by atoms with Gasteiger partial charge < -0.3 is 15.4 Å². The second-order valence-corrected chi connectivity index (χ2v) is 2.44. The summed E-state index contributed by atoms with van der Waals surface area (Å²) in [5, 5.41) is 0. The summed E-state index contributed by atoms with van der Waals surface area (Å²) in [5.74, 6) is 0.0321. The summed E-state index contributed by atoms with van der Waals surface area (Å²) in [6.07, 6.45) is 0.0303. The molecule has 0 saturated carbocycles. The van der Waals surface area contributed by atoms with Crippen LogP contribution in [0.3, 0.4) is 0 Å². The third-order valence-corrected chi connectivity index (χ3v) is 1.61. The Kier molecular flexibility index (Phi) is 2.24. The van der Waals surface area contributed by atoms with Gasteiger partial charge in [0.15, 0.2) is 0 Å². The summed E-state index contributed by atoms with van der Waals surface area (Å²) in [5.41, 5.74) is 5.35. The van der Waals surface area contributed by atoms with E-state index in [0.717, 1.165) is 0 Å². The third-order valence-electron chi connectivity index (χ3n) is 1.61. The Morgan fingerprint density at radius 1 is 1.90 bits per heavy atom. The van der Waals surface area contributed by atoms with Gasteiger partial charge in [0.25, 0.3) is 0 Å². The Morgan fingerprint density at radius 2 is 2.60 bits per heavy atom. The molecule has 1 aliphatic rings. The van der Waals surface area contributed by atoms with Gasteiger partial charge in [0.05, 0.1) is 6.10 Å². The fourth-order valence-corrected chi connectivity index (χ4v) is 0.902. The molecular weight excluding hydrogens is 132 g/mol. The second-order valence-electron chi connectivity index (χ2n) is 2.44. The maximum atomic E-state index is 10.8. The summed E-state index contributed by atoms with van der Waals surface area (Å²) in [7, 11) is 1.76. The topological polar surface area (TPSA) is 55.6 Å². The number of hydrogen-bond acceptors (Lipinski definition) is 3. The summed E-state index contributed by atoms with van der Waals surface area (Å²) in [6.45, 7) is 1.28. The van der Waals surface area contributed by atoms with Gasteiger partial charge in [-0.25, -0.2) is 0 Å². The quantitative estimate of drug-likeness (QED) is 0.503. The molecule has 2 N–H and O–H groups in total. The zero-order valence-electron chi connectivity index (χ0n) is 6.04. The van der Waals surface area contributed by atoms with Crippen molar-refractivity contribution >= 4 is 5.91 Å². The van der Waals surface area contributed by atoms with Crippen LogP contribution in [-0.4, -0.2) is 43.7 Å². The molecule has 1 atom stereocenters. The van der Waals surface area contributed by atoms with Crippen LogP contribution >= 0.6 is 0 Å². The molecule has 0 aliphatic carbocycles. The molecule has 0 aromatic rings. The number of carbonyl (C=O) groups excluding carboxylic acids is 1. The third kappa shape index (κ3) is 1.46. The van der Waals surface area contributed by atoms with Crippen molar-refractivity contribution in [1.82, 2.24) is 4.90 Å². The molecule has 1 amide bonds. The lowest BCUT2D eigenvalue weighted by Gasteiger charge is -2.28. The normalized spacial score (nSPS) is 27.2. The van der Waals surface area contributed by atoms with E-state index < -0.39 is 0 Å². The molecule has 4 nitrogen and oxygen atoms in total. The van der Waals surface area contributed by atoms with E-state index in [2.05, 4.69) is 0 Å². The summed E-state index contributed by atoms with van der Waals surface area (Å²) >= 11 is 0. The fourth-order valence-electron chi connectivity index (χ4n) is 0.902. The van der Waals surface area contributed by atoms with Crippen molar-refractivity contribution in [3.05, 3.63) is 0 Å². The van der Waals surface area contributed by atoms with Crippen LogP contribution in [0.4, 0.5) is 0 Å². The first-order chi connectivity index (χ1) is 4.74. The van der Waals surface area contributed by atoms with Crippen LogP contribution in [0.25, 0.3) is 0 Å². The Labute approximate surface area is 59.9 Å². The number of nitrogens with two attached hydrogens (primary N) is 1. The molecule has 0 bridgehead atoms. The van der Waals surface area contributed by atoms with Crippen molar-refractivity contribution in [2.24, 2.45) is 5.73 Å². The minimum absolute atomic E-state index is 0.0303. The van der Waals surface area contributed by atoms with Crippen LogP contribution in [0.15, 0.2) is 0 Å². The zero-order chi connectivity index (χ0) is 7.56. The van der Waals surface area contributed by atoms with Crippen LogP contribution in [-0.2, 0) is 9.53 Å². The van der Waals surface area contributed by atoms with Gasteiger partial charge in [-0.2, -0.15) is 0 Å². The maximum absolute atomic E-state index is 10.8. The standard InChI is InChI=1S/C6H12N2O2/c1-8-3-5(2-7)10-4-6(8)9/h5H,2-4,7H2,1H3/t5-/m0/s1. The van der Waals surface area contributed by atoms with Crippen molar-refractivity contribution in [2.75, 3.05) is 26.7 Å². The van der Waals surface area contributed by atoms with E-state index in [9.17, 15) is 4.79 Å². The van der Waals surface area contributed by atoms with Crippen molar-refractivity contribution in [2.45, 2.75) is 6.10 Å². The van der Waals surface area contributed by atoms with Gasteiger partial charge in [-0.3, -0.25) is 4.79 Å². The number of rotatable bonds is 1. The van der Waals surface area contributed by atoms with E-state index in [0.29, 0.717) is 13.1 Å². The minimum Gasteiger partial charge on any atom is -0.365 e. The van der Waals surface area contributed by atoms with E-state index in [1.807, 2.05) is 0 Å². The van der Waals surface area contributed by atoms with Gasteiger partial charge in [-0.1, -0.05) is 0 Å². The van der Waals surface area contributed by atoms with E-state index in [4.69, 9.17) is 10.5 Å². The van der Waals surface area contributed by atoms with Crippen molar-refractivity contribution in [1.29, 1.82) is 0 Å². The van der Waals surface area contributed by atoms with Crippen LogP contribution < -0.4 is 5.73 Å². The second kappa shape index (κ2) is 2.98. The predicted octanol–water partition coefficient (Wildman–Crippen LogP) is -1.20. The molecule has 1 fully saturated rings. The molecule has 10 heavy (non-hydrogen) atoms. The highest BCUT2D eigenvalue weighted by Gasteiger charge is 2.21. The number of nitrogens with zero attached hydrogens (tertiary/aromatic N) is 1. The monoisotopic (exact) mass is 144 g/mol. The molecule has 1 saturated heterocycles. The number of likely N-dealkylation sites (N-methyl/N-ethyl adjacent to an activating group) is 1. The van der Waals surface area contributed by atoms with E-state index >= 15 is 0 Å². The molecule has 1 aliphatic heterocycles. The van der Waals surface area contributed by atoms with Gasteiger partial charge in [-0.15, -0.1) is 0 Å². The van der Waals surface area contributed by atoms with E-state index in [1.54, 1.807) is 11.9 Å². The lowest BCUT2D eigenvalue weighted by Crippen LogP contribution is -2.47. The molecule has 0 unspecified atom stereocenters. The lowest BCUT2D eigenvalue weighted by atomic mass is 10.3. The molecule has 0 spiro atoms. The first kappa shape index (κ1) is 7.50. The van der Waals surface area contributed by atoms with Crippen LogP contribution in [0.2, 0.25) is 0 Å². The van der Waals surface area contributed by atoms with Crippen LogP contribution in [0, 0.1) is 0 Å². The number of carbonyl (C=O) groups is 1. The number of amides is 1. The predicted molar refractivity (Wildman–Crippen MR) is 36.4 cm³/mol. The summed E-state index contributed by atoms with van der Waals surface area (Å²) < 4.78 is 5.09. The number of hydrogen-bond donors (Lipinski definition) is 1. The zero-order valence-corrected chi connectivity index (χ0v) is 6.04. The fraction of sp³-hybridized carbons (Fsp3) is 0.833. The number of morpholine rings is 1. The summed E-state index contributed by atoms with van der Waals surface area (Å²) in [4.78, 5) is 12.5. The molecule has 1 rings (SSSR count). The smallest absolute Gasteiger partial charge is 0.248 e. The first-order valence-electron chi connectivity index (χ1n) is 3.29. The largest absolute Gasteiger partial charge is 0.365 e. The molecular formula is C6H12N2O2. The number of ether oxygens (including phenoxy) is 1. The van der Waals surface area contributed by atoms with Crippen LogP contribution in [0.5, 0.6) is 0 Å². The first-order valence-corrected chi connectivity index (χ1v) is 3.29. The highest BCUT2D eigenvalue weighted by molar-refractivity contribution is 5.77. The minimum atomic E-state index is 0.0303. The molecule has 0 radical (unpaired) electrons. The Bertz CT molecular complexity index is 138. The lowest BCUT2D eigenvalue weighted by molar-refractivity contribution is -0.146. The van der Waals surface area contributed by atoms with Gasteiger partial charge in [0.1, 0.15) is 6.61 Å². The maximum Gasteiger partial charge on any atom is 0.248 e. The van der Waals surface area contributed by atoms with Gasteiger partial charge in [-0.05, 0) is 0 Å². The Morgan fingerprint density at radius 3 is 3.10 bits per heavy atom. The van der Waals surface area contributed by atoms with E-state index in [1.165, 1.54) is 0 Å². The Balaban J connectivity index is 2.40. The SMILES string of the molecule is CN1C[C@H](CN)OCC1=O. The Hall–Kier alpha value is -0.610. The van der Waals surface area contributed by atoms with Gasteiger partial charge in [0, 0.05) is 20.1 Å². The van der Waals surface area contributed by atoms with Gasteiger partial charge >= 0.3 is 0 Å². The average molecular weight is 144 g/mol. The molecule has 0 aromatic heterocycles. The summed E-state index contributed by atoms with van der Waals surface area (Å²) in [6, 6.07) is 0. The average Bonchev–Trinajstić information content (AvgIpc) is 1.95. The molecule has 58 valence electrons. The van der Waals surface area contributed by atoms with Crippen molar-refractivity contribution < 1.29 is 9.53 Å². The van der Waals surface area contributed by atoms with Gasteiger partial charge in [0.2, 0.25) is 5.91 Å². The highest BCUT2D eigenvalue weighted by atomic mass is 16.5. The van der Waals surface area contributed by atoms with Crippen molar-refractivity contribution in [3.8, 4) is 0 Å².